The Morgan fingerprint density at radius 1 is 0.962 bits per heavy atom. The molecular formula is C15H13BrN6O4. The second-order valence-corrected chi connectivity index (χ2v) is 5.52. The molecule has 3 aromatic rings. The lowest BCUT2D eigenvalue weighted by atomic mass is 10.2. The average Bonchev–Trinajstić information content (AvgIpc) is 3.09. The Hall–Kier alpha value is -3.21. The van der Waals surface area contributed by atoms with Crippen molar-refractivity contribution in [2.45, 2.75) is 12.3 Å². The fourth-order valence-corrected chi connectivity index (χ4v) is 2.18. The maximum atomic E-state index is 10.4. The van der Waals surface area contributed by atoms with Gasteiger partial charge in [-0.3, -0.25) is 20.2 Å². The molecule has 0 unspecified atom stereocenters. The molecule has 0 saturated heterocycles. The maximum Gasteiger partial charge on any atom is 0.269 e. The number of alkyl halides is 1. The van der Waals surface area contributed by atoms with Crippen LogP contribution in [0.15, 0.2) is 48.5 Å². The minimum atomic E-state index is -0.455. The smallest absolute Gasteiger partial charge is 0.258 e. The number of aromatic nitrogens is 4. The quantitative estimate of drug-likeness (QED) is 0.359. The summed E-state index contributed by atoms with van der Waals surface area (Å²) < 4.78 is 0. The standard InChI is InChI=1S/C8H7N5O2.C7H6BrNO2/c1-6-9-11-12(10-6)7-2-4-8(5-3-7)13(14)15;8-5-6-1-3-7(4-2-6)9(10)11/h2-5H,1H3;1-4H,5H2. The Labute approximate surface area is 155 Å². The summed E-state index contributed by atoms with van der Waals surface area (Å²) in [5.74, 6) is 0.549. The van der Waals surface area contributed by atoms with Gasteiger partial charge in [0.15, 0.2) is 5.82 Å². The van der Waals surface area contributed by atoms with Gasteiger partial charge in [0.2, 0.25) is 0 Å². The minimum absolute atomic E-state index is 0.0376. The average molecular weight is 421 g/mol. The number of non-ortho nitro benzene ring substituents is 2. The fourth-order valence-electron chi connectivity index (χ4n) is 1.81. The van der Waals surface area contributed by atoms with Gasteiger partial charge in [-0.15, -0.1) is 15.0 Å². The predicted molar refractivity (Wildman–Crippen MR) is 96.3 cm³/mol. The second-order valence-electron chi connectivity index (χ2n) is 4.96. The van der Waals surface area contributed by atoms with Gasteiger partial charge in [-0.1, -0.05) is 28.1 Å². The molecule has 0 aliphatic heterocycles. The summed E-state index contributed by atoms with van der Waals surface area (Å²) >= 11 is 3.25. The van der Waals surface area contributed by atoms with E-state index in [1.165, 1.54) is 29.1 Å². The first-order valence-electron chi connectivity index (χ1n) is 7.21. The molecule has 1 aromatic heterocycles. The van der Waals surface area contributed by atoms with E-state index in [9.17, 15) is 20.2 Å². The molecule has 134 valence electrons. The summed E-state index contributed by atoms with van der Waals surface area (Å²) in [6.45, 7) is 1.72. The van der Waals surface area contributed by atoms with Crippen LogP contribution in [0.3, 0.4) is 0 Å². The van der Waals surface area contributed by atoms with Gasteiger partial charge < -0.3 is 0 Å². The van der Waals surface area contributed by atoms with Crippen LogP contribution in [0.25, 0.3) is 5.69 Å². The van der Waals surface area contributed by atoms with E-state index in [-0.39, 0.29) is 11.4 Å². The summed E-state index contributed by atoms with van der Waals surface area (Å²) in [5, 5.41) is 32.8. The van der Waals surface area contributed by atoms with Gasteiger partial charge in [0.05, 0.1) is 15.5 Å². The Balaban J connectivity index is 0.000000197. The minimum Gasteiger partial charge on any atom is -0.258 e. The SMILES string of the molecule is Cc1nnn(-c2ccc([N+](=O)[O-])cc2)n1.O=[N+]([O-])c1ccc(CBr)cc1. The van der Waals surface area contributed by atoms with Gasteiger partial charge in [-0.25, -0.2) is 0 Å². The van der Waals surface area contributed by atoms with Gasteiger partial charge in [0.1, 0.15) is 0 Å². The lowest BCUT2D eigenvalue weighted by molar-refractivity contribution is -0.385. The number of tetrazole rings is 1. The zero-order valence-corrected chi connectivity index (χ0v) is 15.1. The Kier molecular flexibility index (Phi) is 6.44. The molecule has 10 nitrogen and oxygen atoms in total. The van der Waals surface area contributed by atoms with E-state index in [0.29, 0.717) is 11.5 Å². The largest absolute Gasteiger partial charge is 0.269 e. The van der Waals surface area contributed by atoms with Crippen molar-refractivity contribution < 1.29 is 9.85 Å². The molecule has 11 heteroatoms. The molecular weight excluding hydrogens is 408 g/mol. The highest BCUT2D eigenvalue weighted by atomic mass is 79.9. The van der Waals surface area contributed by atoms with E-state index < -0.39 is 9.85 Å². The first kappa shape index (κ1) is 19.1. The van der Waals surface area contributed by atoms with Crippen LogP contribution in [0.5, 0.6) is 0 Å². The van der Waals surface area contributed by atoms with Crippen LogP contribution in [-0.4, -0.2) is 30.1 Å². The fraction of sp³-hybridized carbons (Fsp3) is 0.133. The van der Waals surface area contributed by atoms with Gasteiger partial charge in [0.25, 0.3) is 11.4 Å². The van der Waals surface area contributed by atoms with Crippen LogP contribution in [0.2, 0.25) is 0 Å². The van der Waals surface area contributed by atoms with Crippen molar-refractivity contribution in [2.75, 3.05) is 0 Å². The summed E-state index contributed by atoms with van der Waals surface area (Å²) in [6, 6.07) is 12.4. The molecule has 3 rings (SSSR count). The third-order valence-corrected chi connectivity index (χ3v) is 3.75. The van der Waals surface area contributed by atoms with Crippen molar-refractivity contribution >= 4 is 27.3 Å². The summed E-state index contributed by atoms with van der Waals surface area (Å²) in [4.78, 5) is 21.1. The van der Waals surface area contributed by atoms with Crippen LogP contribution >= 0.6 is 15.9 Å². The molecule has 0 aliphatic carbocycles. The molecule has 0 bridgehead atoms. The number of nitro groups is 2. The number of nitrogens with zero attached hydrogens (tertiary/aromatic N) is 6. The van der Waals surface area contributed by atoms with Crippen molar-refractivity contribution in [2.24, 2.45) is 0 Å². The molecule has 0 N–H and O–H groups in total. The monoisotopic (exact) mass is 420 g/mol. The van der Waals surface area contributed by atoms with E-state index in [1.54, 1.807) is 31.2 Å². The number of halogens is 1. The van der Waals surface area contributed by atoms with Crippen LogP contribution in [-0.2, 0) is 5.33 Å². The Morgan fingerprint density at radius 2 is 1.46 bits per heavy atom. The molecule has 0 spiro atoms. The molecule has 2 aromatic carbocycles. The van der Waals surface area contributed by atoms with E-state index >= 15 is 0 Å². The van der Waals surface area contributed by atoms with Gasteiger partial charge in [-0.05, 0) is 29.8 Å². The first-order valence-corrected chi connectivity index (χ1v) is 8.33. The zero-order chi connectivity index (χ0) is 19.1. The van der Waals surface area contributed by atoms with Crippen LogP contribution < -0.4 is 0 Å². The highest BCUT2D eigenvalue weighted by molar-refractivity contribution is 9.08. The highest BCUT2D eigenvalue weighted by Gasteiger charge is 2.06. The molecule has 0 atom stereocenters. The normalized spacial score (nSPS) is 9.92. The van der Waals surface area contributed by atoms with Crippen molar-refractivity contribution in [3.63, 3.8) is 0 Å². The molecule has 26 heavy (non-hydrogen) atoms. The topological polar surface area (TPSA) is 130 Å². The number of hydrogen-bond acceptors (Lipinski definition) is 7. The van der Waals surface area contributed by atoms with Crippen molar-refractivity contribution in [1.82, 2.24) is 20.2 Å². The molecule has 1 heterocycles. The molecule has 0 radical (unpaired) electrons. The molecule has 0 amide bonds. The number of aryl methyl sites for hydroxylation is 1. The Morgan fingerprint density at radius 3 is 1.85 bits per heavy atom. The molecule has 0 aliphatic rings. The van der Waals surface area contributed by atoms with Crippen molar-refractivity contribution in [1.29, 1.82) is 0 Å². The number of hydrogen-bond donors (Lipinski definition) is 0. The van der Waals surface area contributed by atoms with E-state index in [4.69, 9.17) is 0 Å². The first-order chi connectivity index (χ1) is 12.4. The molecule has 0 fully saturated rings. The van der Waals surface area contributed by atoms with E-state index in [1.807, 2.05) is 0 Å². The van der Waals surface area contributed by atoms with Crippen molar-refractivity contribution in [3.05, 3.63) is 80.1 Å². The number of nitro benzene ring substituents is 2. The van der Waals surface area contributed by atoms with E-state index in [0.717, 1.165) is 10.9 Å². The van der Waals surface area contributed by atoms with Crippen LogP contribution in [0, 0.1) is 27.2 Å². The lowest BCUT2D eigenvalue weighted by Gasteiger charge is -1.96. The van der Waals surface area contributed by atoms with Crippen LogP contribution in [0.4, 0.5) is 11.4 Å². The maximum absolute atomic E-state index is 10.4. The van der Waals surface area contributed by atoms with Gasteiger partial charge in [0, 0.05) is 29.6 Å². The van der Waals surface area contributed by atoms with Gasteiger partial charge in [-0.2, -0.15) is 0 Å². The molecule has 0 saturated carbocycles. The summed E-state index contributed by atoms with van der Waals surface area (Å²) in [6.07, 6.45) is 0. The predicted octanol–water partition coefficient (Wildman–Crippen LogP) is 3.37. The number of benzene rings is 2. The Bertz CT molecular complexity index is 895. The second kappa shape index (κ2) is 8.76. The van der Waals surface area contributed by atoms with Gasteiger partial charge >= 0.3 is 0 Å². The third kappa shape index (κ3) is 5.14. The van der Waals surface area contributed by atoms with Crippen LogP contribution in [0.1, 0.15) is 11.4 Å². The third-order valence-electron chi connectivity index (χ3n) is 3.11. The lowest BCUT2D eigenvalue weighted by Crippen LogP contribution is -1.99. The zero-order valence-electron chi connectivity index (χ0n) is 13.5. The number of rotatable bonds is 4. The highest BCUT2D eigenvalue weighted by Crippen LogP contribution is 2.14. The summed E-state index contributed by atoms with van der Waals surface area (Å²) in [5.41, 5.74) is 1.85. The van der Waals surface area contributed by atoms with E-state index in [2.05, 4.69) is 31.3 Å². The van der Waals surface area contributed by atoms with Crippen molar-refractivity contribution in [3.8, 4) is 5.69 Å². The summed E-state index contributed by atoms with van der Waals surface area (Å²) in [7, 11) is 0.